The molecular formula is C12H22ClN3O3. The van der Waals surface area contributed by atoms with Crippen molar-refractivity contribution in [3.63, 3.8) is 0 Å². The van der Waals surface area contributed by atoms with Crippen LogP contribution < -0.4 is 5.32 Å². The van der Waals surface area contributed by atoms with Crippen LogP contribution in [0.1, 0.15) is 6.42 Å². The van der Waals surface area contributed by atoms with Crippen molar-refractivity contribution in [2.45, 2.75) is 6.42 Å². The zero-order chi connectivity index (χ0) is 13.4. The van der Waals surface area contributed by atoms with Gasteiger partial charge in [0.1, 0.15) is 0 Å². The second-order valence-corrected chi connectivity index (χ2v) is 4.35. The minimum atomic E-state index is -0.763. The average Bonchev–Trinajstić information content (AvgIpc) is 2.35. The summed E-state index contributed by atoms with van der Waals surface area (Å²) in [7, 11) is 0. The Morgan fingerprint density at radius 1 is 1.21 bits per heavy atom. The van der Waals surface area contributed by atoms with Crippen LogP contribution in [0.15, 0.2) is 12.7 Å². The molecule has 110 valence electrons. The van der Waals surface area contributed by atoms with Gasteiger partial charge >= 0.3 is 5.97 Å². The van der Waals surface area contributed by atoms with Gasteiger partial charge in [0.15, 0.2) is 0 Å². The molecule has 1 rings (SSSR count). The van der Waals surface area contributed by atoms with Crippen LogP contribution in [0.4, 0.5) is 0 Å². The van der Waals surface area contributed by atoms with Crippen LogP contribution in [0.5, 0.6) is 0 Å². The summed E-state index contributed by atoms with van der Waals surface area (Å²) >= 11 is 0. The largest absolute Gasteiger partial charge is 0.481 e. The van der Waals surface area contributed by atoms with E-state index in [1.165, 1.54) is 0 Å². The van der Waals surface area contributed by atoms with Gasteiger partial charge in [-0.05, 0) is 0 Å². The molecule has 0 atom stereocenters. The number of carbonyl (C=O) groups is 2. The van der Waals surface area contributed by atoms with E-state index < -0.39 is 5.97 Å². The molecule has 1 saturated heterocycles. The molecule has 0 aromatic carbocycles. The fourth-order valence-electron chi connectivity index (χ4n) is 1.87. The lowest BCUT2D eigenvalue weighted by atomic mass is 10.3. The van der Waals surface area contributed by atoms with Gasteiger partial charge in [-0.2, -0.15) is 0 Å². The fraction of sp³-hybridized carbons (Fsp3) is 0.667. The van der Waals surface area contributed by atoms with Gasteiger partial charge in [0.25, 0.3) is 0 Å². The highest BCUT2D eigenvalue weighted by Crippen LogP contribution is 2.02. The van der Waals surface area contributed by atoms with E-state index in [1.54, 1.807) is 6.08 Å². The van der Waals surface area contributed by atoms with Crippen LogP contribution in [-0.4, -0.2) is 72.6 Å². The molecule has 1 fully saturated rings. The Kier molecular flexibility index (Phi) is 9.20. The molecule has 0 aromatic rings. The van der Waals surface area contributed by atoms with Gasteiger partial charge in [-0.25, -0.2) is 0 Å². The third kappa shape index (κ3) is 7.81. The SMILES string of the molecule is C=CCNC(=O)CN1CCN(CCC(=O)O)CC1.Cl. The van der Waals surface area contributed by atoms with Gasteiger partial charge in [0.2, 0.25) is 5.91 Å². The highest BCUT2D eigenvalue weighted by Gasteiger charge is 2.18. The molecule has 0 unspecified atom stereocenters. The maximum absolute atomic E-state index is 11.5. The number of carboxylic acid groups (broad SMARTS) is 1. The van der Waals surface area contributed by atoms with E-state index in [4.69, 9.17) is 5.11 Å². The number of halogens is 1. The van der Waals surface area contributed by atoms with E-state index in [1.807, 2.05) is 0 Å². The number of carbonyl (C=O) groups excluding carboxylic acids is 1. The monoisotopic (exact) mass is 291 g/mol. The summed E-state index contributed by atoms with van der Waals surface area (Å²) in [5.41, 5.74) is 0. The van der Waals surface area contributed by atoms with Gasteiger partial charge in [0.05, 0.1) is 13.0 Å². The number of nitrogens with one attached hydrogen (secondary N) is 1. The maximum atomic E-state index is 11.5. The normalized spacial score (nSPS) is 16.4. The van der Waals surface area contributed by atoms with Crippen molar-refractivity contribution in [3.05, 3.63) is 12.7 Å². The molecule has 1 amide bonds. The molecule has 7 heteroatoms. The minimum absolute atomic E-state index is 0. The Bertz CT molecular complexity index is 305. The molecule has 0 aliphatic carbocycles. The Morgan fingerprint density at radius 3 is 2.32 bits per heavy atom. The lowest BCUT2D eigenvalue weighted by Gasteiger charge is -2.33. The van der Waals surface area contributed by atoms with Gasteiger partial charge < -0.3 is 15.3 Å². The minimum Gasteiger partial charge on any atom is -0.481 e. The lowest BCUT2D eigenvalue weighted by molar-refractivity contribution is -0.137. The van der Waals surface area contributed by atoms with Crippen molar-refractivity contribution < 1.29 is 14.7 Å². The van der Waals surface area contributed by atoms with Crippen LogP contribution in [-0.2, 0) is 9.59 Å². The zero-order valence-electron chi connectivity index (χ0n) is 11.0. The standard InChI is InChI=1S/C12H21N3O3.ClH/c1-2-4-13-11(16)10-15-8-6-14(7-9-15)5-3-12(17)18;/h2H,1,3-10H2,(H,13,16)(H,17,18);1H. The number of nitrogens with zero attached hydrogens (tertiary/aromatic N) is 2. The van der Waals surface area contributed by atoms with E-state index in [0.29, 0.717) is 19.6 Å². The number of hydrogen-bond donors (Lipinski definition) is 2. The van der Waals surface area contributed by atoms with Gasteiger partial charge in [-0.15, -0.1) is 19.0 Å². The second kappa shape index (κ2) is 9.77. The molecule has 2 N–H and O–H groups in total. The van der Waals surface area contributed by atoms with Crippen molar-refractivity contribution in [1.29, 1.82) is 0 Å². The highest BCUT2D eigenvalue weighted by molar-refractivity contribution is 5.85. The molecule has 1 aliphatic heterocycles. The molecule has 0 bridgehead atoms. The molecule has 0 saturated carbocycles. The van der Waals surface area contributed by atoms with Gasteiger partial charge in [-0.1, -0.05) is 6.08 Å². The summed E-state index contributed by atoms with van der Waals surface area (Å²) in [6.07, 6.45) is 1.83. The van der Waals surface area contributed by atoms with Crippen LogP contribution in [0.3, 0.4) is 0 Å². The third-order valence-electron chi connectivity index (χ3n) is 2.92. The summed E-state index contributed by atoms with van der Waals surface area (Å²) < 4.78 is 0. The Morgan fingerprint density at radius 2 is 1.79 bits per heavy atom. The fourth-order valence-corrected chi connectivity index (χ4v) is 1.87. The van der Waals surface area contributed by atoms with E-state index in [0.717, 1.165) is 26.2 Å². The maximum Gasteiger partial charge on any atom is 0.304 e. The van der Waals surface area contributed by atoms with E-state index in [2.05, 4.69) is 21.7 Å². The van der Waals surface area contributed by atoms with Gasteiger partial charge in [0, 0.05) is 39.3 Å². The smallest absolute Gasteiger partial charge is 0.304 e. The number of piperazine rings is 1. The topological polar surface area (TPSA) is 72.9 Å². The van der Waals surface area contributed by atoms with Crippen LogP contribution in [0, 0.1) is 0 Å². The third-order valence-corrected chi connectivity index (χ3v) is 2.92. The Balaban J connectivity index is 0.00000324. The number of aliphatic carboxylic acids is 1. The van der Waals surface area contributed by atoms with Crippen molar-refractivity contribution >= 4 is 24.3 Å². The number of carboxylic acids is 1. The molecule has 0 spiro atoms. The summed E-state index contributed by atoms with van der Waals surface area (Å²) in [4.78, 5) is 26.1. The van der Waals surface area contributed by atoms with Gasteiger partial charge in [-0.3, -0.25) is 14.5 Å². The lowest BCUT2D eigenvalue weighted by Crippen LogP contribution is -2.49. The average molecular weight is 292 g/mol. The molecule has 6 nitrogen and oxygen atoms in total. The quantitative estimate of drug-likeness (QED) is 0.636. The molecule has 1 aliphatic rings. The van der Waals surface area contributed by atoms with Crippen molar-refractivity contribution in [2.24, 2.45) is 0 Å². The Labute approximate surface area is 119 Å². The Hall–Kier alpha value is -1.11. The van der Waals surface area contributed by atoms with E-state index >= 15 is 0 Å². The molecule has 0 aromatic heterocycles. The molecule has 19 heavy (non-hydrogen) atoms. The first-order chi connectivity index (χ1) is 8.61. The predicted molar refractivity (Wildman–Crippen MR) is 75.6 cm³/mol. The second-order valence-electron chi connectivity index (χ2n) is 4.35. The summed E-state index contributed by atoms with van der Waals surface area (Å²) in [5, 5.41) is 11.3. The summed E-state index contributed by atoms with van der Waals surface area (Å²) in [6.45, 7) is 8.29. The van der Waals surface area contributed by atoms with E-state index in [9.17, 15) is 9.59 Å². The first-order valence-electron chi connectivity index (χ1n) is 6.16. The number of amides is 1. The molecular weight excluding hydrogens is 270 g/mol. The van der Waals surface area contributed by atoms with Crippen LogP contribution >= 0.6 is 12.4 Å². The predicted octanol–water partition coefficient (Wildman–Crippen LogP) is -0.197. The first-order valence-corrected chi connectivity index (χ1v) is 6.16. The highest BCUT2D eigenvalue weighted by atomic mass is 35.5. The van der Waals surface area contributed by atoms with Crippen molar-refractivity contribution in [1.82, 2.24) is 15.1 Å². The summed E-state index contributed by atoms with van der Waals surface area (Å²) in [6, 6.07) is 0. The zero-order valence-corrected chi connectivity index (χ0v) is 11.8. The van der Waals surface area contributed by atoms with Crippen LogP contribution in [0.25, 0.3) is 0 Å². The van der Waals surface area contributed by atoms with Crippen LogP contribution in [0.2, 0.25) is 0 Å². The van der Waals surface area contributed by atoms with E-state index in [-0.39, 0.29) is 24.7 Å². The summed E-state index contributed by atoms with van der Waals surface area (Å²) in [5.74, 6) is -0.755. The number of hydrogen-bond acceptors (Lipinski definition) is 4. The first kappa shape index (κ1) is 17.9. The molecule has 1 heterocycles. The van der Waals surface area contributed by atoms with Crippen molar-refractivity contribution in [3.8, 4) is 0 Å². The number of rotatable bonds is 7. The van der Waals surface area contributed by atoms with Crippen molar-refractivity contribution in [2.75, 3.05) is 45.8 Å². The molecule has 0 radical (unpaired) electrons.